The zero-order valence-electron chi connectivity index (χ0n) is 16.6. The molecule has 0 radical (unpaired) electrons. The highest BCUT2D eigenvalue weighted by atomic mass is 35.5. The first kappa shape index (κ1) is 22.2. The molecule has 0 aliphatic carbocycles. The second-order valence-corrected chi connectivity index (χ2v) is 9.10. The van der Waals surface area contributed by atoms with E-state index in [4.69, 9.17) is 16.3 Å². The number of carbonyl (C=O) groups excluding carboxylic acids is 1. The van der Waals surface area contributed by atoms with Crippen molar-refractivity contribution in [2.75, 3.05) is 11.9 Å². The van der Waals surface area contributed by atoms with Gasteiger partial charge in [-0.3, -0.25) is 4.79 Å². The van der Waals surface area contributed by atoms with Crippen LogP contribution in [-0.4, -0.2) is 27.0 Å². The molecule has 8 heteroatoms. The number of carbonyl (C=O) groups is 1. The van der Waals surface area contributed by atoms with Gasteiger partial charge < -0.3 is 10.1 Å². The molecular weight excluding hydrogens is 400 g/mol. The molecule has 0 aliphatic heterocycles. The van der Waals surface area contributed by atoms with Crippen molar-refractivity contribution < 1.29 is 17.9 Å². The summed E-state index contributed by atoms with van der Waals surface area (Å²) < 4.78 is 32.3. The summed E-state index contributed by atoms with van der Waals surface area (Å²) in [5.41, 5.74) is 3.82. The number of halogens is 1. The van der Waals surface area contributed by atoms with Crippen LogP contribution in [0.4, 0.5) is 5.69 Å². The molecule has 152 valence electrons. The third-order valence-electron chi connectivity index (χ3n) is 3.90. The molecule has 28 heavy (non-hydrogen) atoms. The number of nitrogens with one attached hydrogen (secondary N) is 2. The van der Waals surface area contributed by atoms with Gasteiger partial charge in [-0.25, -0.2) is 13.1 Å². The van der Waals surface area contributed by atoms with Gasteiger partial charge in [0, 0.05) is 11.7 Å². The summed E-state index contributed by atoms with van der Waals surface area (Å²) in [6.45, 7) is 9.06. The van der Waals surface area contributed by atoms with Gasteiger partial charge in [-0.05, 0) is 63.9 Å². The largest absolute Gasteiger partial charge is 0.482 e. The Labute approximate surface area is 171 Å². The summed E-state index contributed by atoms with van der Waals surface area (Å²) in [5, 5.41) is 2.95. The van der Waals surface area contributed by atoms with Crippen LogP contribution in [0.5, 0.6) is 5.75 Å². The first-order chi connectivity index (χ1) is 13.0. The summed E-state index contributed by atoms with van der Waals surface area (Å²) in [5.74, 6) is -0.0954. The highest BCUT2D eigenvalue weighted by Gasteiger charge is 2.17. The normalized spacial score (nSPS) is 11.5. The van der Waals surface area contributed by atoms with Crippen LogP contribution in [0.25, 0.3) is 0 Å². The molecule has 0 saturated heterocycles. The van der Waals surface area contributed by atoms with E-state index < -0.39 is 10.0 Å². The molecule has 2 N–H and O–H groups in total. The van der Waals surface area contributed by atoms with Crippen molar-refractivity contribution in [2.45, 2.75) is 45.6 Å². The molecule has 0 atom stereocenters. The van der Waals surface area contributed by atoms with Crippen molar-refractivity contribution in [1.29, 1.82) is 0 Å². The Kier molecular flexibility index (Phi) is 7.09. The monoisotopic (exact) mass is 424 g/mol. The molecule has 6 nitrogen and oxygen atoms in total. The van der Waals surface area contributed by atoms with Crippen molar-refractivity contribution in [3.8, 4) is 5.75 Å². The number of ether oxygens (including phenoxy) is 1. The topological polar surface area (TPSA) is 84.5 Å². The lowest BCUT2D eigenvalue weighted by molar-refractivity contribution is -0.118. The van der Waals surface area contributed by atoms with E-state index in [9.17, 15) is 13.2 Å². The maximum absolute atomic E-state index is 12.2. The molecule has 0 fully saturated rings. The minimum atomic E-state index is -3.65. The summed E-state index contributed by atoms with van der Waals surface area (Å²) in [6.07, 6.45) is 0. The SMILES string of the molecule is Cc1cc(C)c(NC(=O)COc2ccc(S(=O)(=O)NC(C)C)cc2Cl)c(C)c1. The van der Waals surface area contributed by atoms with E-state index in [0.29, 0.717) is 0 Å². The molecule has 0 aliphatic rings. The molecule has 0 heterocycles. The average molecular weight is 425 g/mol. The maximum atomic E-state index is 12.2. The molecule has 0 bridgehead atoms. The van der Waals surface area contributed by atoms with Crippen molar-refractivity contribution in [1.82, 2.24) is 4.72 Å². The summed E-state index contributed by atoms with van der Waals surface area (Å²) in [4.78, 5) is 12.3. The molecule has 1 amide bonds. The third kappa shape index (κ3) is 5.70. The Balaban J connectivity index is 2.06. The van der Waals surface area contributed by atoms with Crippen molar-refractivity contribution in [3.05, 3.63) is 52.0 Å². The van der Waals surface area contributed by atoms with Gasteiger partial charge in [0.1, 0.15) is 5.75 Å². The number of hydrogen-bond acceptors (Lipinski definition) is 4. The van der Waals surface area contributed by atoms with Crippen molar-refractivity contribution in [3.63, 3.8) is 0 Å². The number of hydrogen-bond donors (Lipinski definition) is 2. The van der Waals surface area contributed by atoms with Gasteiger partial charge in [-0.15, -0.1) is 0 Å². The summed E-state index contributed by atoms with van der Waals surface area (Å²) in [7, 11) is -3.65. The predicted molar refractivity (Wildman–Crippen MR) is 112 cm³/mol. The van der Waals surface area contributed by atoms with Gasteiger partial charge in [0.2, 0.25) is 10.0 Å². The number of aryl methyl sites for hydroxylation is 3. The quantitative estimate of drug-likeness (QED) is 0.704. The highest BCUT2D eigenvalue weighted by molar-refractivity contribution is 7.89. The fourth-order valence-corrected chi connectivity index (χ4v) is 4.42. The summed E-state index contributed by atoms with van der Waals surface area (Å²) in [6, 6.07) is 7.87. The highest BCUT2D eigenvalue weighted by Crippen LogP contribution is 2.28. The number of sulfonamides is 1. The van der Waals surface area contributed by atoms with Crippen LogP contribution in [0, 0.1) is 20.8 Å². The van der Waals surface area contributed by atoms with E-state index in [1.165, 1.54) is 18.2 Å². The Morgan fingerprint density at radius 2 is 1.71 bits per heavy atom. The van der Waals surface area contributed by atoms with Gasteiger partial charge in [-0.1, -0.05) is 29.3 Å². The molecule has 0 unspecified atom stereocenters. The molecule has 2 aromatic carbocycles. The van der Waals surface area contributed by atoms with Crippen LogP contribution < -0.4 is 14.8 Å². The average Bonchev–Trinajstić information content (AvgIpc) is 2.55. The van der Waals surface area contributed by atoms with Crippen molar-refractivity contribution >= 4 is 33.2 Å². The Bertz CT molecular complexity index is 965. The molecule has 2 aromatic rings. The molecule has 2 rings (SSSR count). The van der Waals surface area contributed by atoms with Gasteiger partial charge in [0.25, 0.3) is 5.91 Å². The van der Waals surface area contributed by atoms with E-state index in [1.54, 1.807) is 13.8 Å². The van der Waals surface area contributed by atoms with E-state index in [2.05, 4.69) is 10.0 Å². The maximum Gasteiger partial charge on any atom is 0.262 e. The fourth-order valence-electron chi connectivity index (χ4n) is 2.84. The lowest BCUT2D eigenvalue weighted by atomic mass is 10.1. The van der Waals surface area contributed by atoms with Gasteiger partial charge in [-0.2, -0.15) is 0 Å². The number of rotatable bonds is 7. The molecule has 0 spiro atoms. The van der Waals surface area contributed by atoms with Crippen LogP contribution in [0.2, 0.25) is 5.02 Å². The van der Waals surface area contributed by atoms with Crippen LogP contribution in [0.3, 0.4) is 0 Å². The van der Waals surface area contributed by atoms with Crippen LogP contribution in [0.15, 0.2) is 35.2 Å². The first-order valence-electron chi connectivity index (χ1n) is 8.82. The lowest BCUT2D eigenvalue weighted by Crippen LogP contribution is -2.30. The minimum Gasteiger partial charge on any atom is -0.482 e. The van der Waals surface area contributed by atoms with Crippen molar-refractivity contribution in [2.24, 2.45) is 0 Å². The first-order valence-corrected chi connectivity index (χ1v) is 10.7. The van der Waals surface area contributed by atoms with Crippen LogP contribution >= 0.6 is 11.6 Å². The minimum absolute atomic E-state index is 0.0360. The number of amides is 1. The number of benzene rings is 2. The van der Waals surface area contributed by atoms with Crippen LogP contribution in [-0.2, 0) is 14.8 Å². The van der Waals surface area contributed by atoms with E-state index in [0.717, 1.165) is 22.4 Å². The van der Waals surface area contributed by atoms with Gasteiger partial charge >= 0.3 is 0 Å². The Hall–Kier alpha value is -2.09. The van der Waals surface area contributed by atoms with E-state index in [-0.39, 0.29) is 34.2 Å². The Morgan fingerprint density at radius 1 is 1.11 bits per heavy atom. The fraction of sp³-hybridized carbons (Fsp3) is 0.350. The van der Waals surface area contributed by atoms with E-state index >= 15 is 0 Å². The van der Waals surface area contributed by atoms with E-state index in [1.807, 2.05) is 32.9 Å². The second kappa shape index (κ2) is 8.94. The zero-order chi connectivity index (χ0) is 21.1. The number of anilines is 1. The van der Waals surface area contributed by atoms with Gasteiger partial charge in [0.15, 0.2) is 6.61 Å². The second-order valence-electron chi connectivity index (χ2n) is 6.98. The Morgan fingerprint density at radius 3 is 2.25 bits per heavy atom. The molecule has 0 aromatic heterocycles. The lowest BCUT2D eigenvalue weighted by Gasteiger charge is -2.14. The smallest absolute Gasteiger partial charge is 0.262 e. The summed E-state index contributed by atoms with van der Waals surface area (Å²) >= 11 is 6.13. The predicted octanol–water partition coefficient (Wildman–Crippen LogP) is 3.97. The zero-order valence-corrected chi connectivity index (χ0v) is 18.2. The van der Waals surface area contributed by atoms with Crippen LogP contribution in [0.1, 0.15) is 30.5 Å². The third-order valence-corrected chi connectivity index (χ3v) is 5.86. The molecular formula is C20H25ClN2O4S. The molecule has 0 saturated carbocycles. The van der Waals surface area contributed by atoms with Gasteiger partial charge in [0.05, 0.1) is 9.92 Å². The standard InChI is InChI=1S/C20H25ClN2O4S/c1-12(2)23-28(25,26)16-6-7-18(17(21)10-16)27-11-19(24)22-20-14(4)8-13(3)9-15(20)5/h6-10,12,23H,11H2,1-5H3,(H,22,24).